The molecule has 3 aromatic rings. The van der Waals surface area contributed by atoms with Gasteiger partial charge in [0.15, 0.2) is 5.69 Å². The van der Waals surface area contributed by atoms with E-state index in [2.05, 4.69) is 31.3 Å². The van der Waals surface area contributed by atoms with E-state index in [0.29, 0.717) is 34.2 Å². The number of aromatic nitrogens is 3. The summed E-state index contributed by atoms with van der Waals surface area (Å²) in [6.07, 6.45) is -0.658. The lowest BCUT2D eigenvalue weighted by Gasteiger charge is -2.41. The number of ether oxygens (including phenoxy) is 1. The van der Waals surface area contributed by atoms with Gasteiger partial charge in [0.2, 0.25) is 11.8 Å². The van der Waals surface area contributed by atoms with E-state index in [4.69, 9.17) is 16.2 Å². The summed E-state index contributed by atoms with van der Waals surface area (Å²) in [7, 11) is 0. The van der Waals surface area contributed by atoms with Crippen LogP contribution in [-0.4, -0.2) is 62.2 Å². The number of carbonyl (C=O) groups is 4. The van der Waals surface area contributed by atoms with E-state index >= 15 is 0 Å². The van der Waals surface area contributed by atoms with Crippen LogP contribution in [0, 0.1) is 0 Å². The number of nitrogens with two attached hydrogens (primary N) is 2. The van der Waals surface area contributed by atoms with Crippen molar-refractivity contribution in [3.05, 3.63) is 52.8 Å². The van der Waals surface area contributed by atoms with Crippen LogP contribution in [0.3, 0.4) is 0 Å². The number of primary amides is 2. The molecule has 182 valence electrons. The molecule has 4 amide bonds. The van der Waals surface area contributed by atoms with Gasteiger partial charge in [-0.3, -0.25) is 19.1 Å². The average molecular weight is 544 g/mol. The third kappa shape index (κ3) is 5.57. The molecule has 1 aromatic carbocycles. The second-order valence-electron chi connectivity index (χ2n) is 7.99. The SMILES string of the molecule is NC(=O)O[C@H]1C[C@H](N(CC(=O)Nc2cccc(Br)n2)C(=O)Cn2nc(C(N)=O)c3ccccc32)C1. The fourth-order valence-electron chi connectivity index (χ4n) is 3.94. The third-order valence-electron chi connectivity index (χ3n) is 5.59. The van der Waals surface area contributed by atoms with Gasteiger partial charge in [0.1, 0.15) is 29.6 Å². The number of pyridine rings is 1. The highest BCUT2D eigenvalue weighted by Gasteiger charge is 2.39. The Morgan fingerprint density at radius 1 is 1.11 bits per heavy atom. The molecule has 0 bridgehead atoms. The van der Waals surface area contributed by atoms with Gasteiger partial charge in [0.05, 0.1) is 5.52 Å². The molecule has 0 aliphatic heterocycles. The van der Waals surface area contributed by atoms with Gasteiger partial charge in [-0.1, -0.05) is 24.3 Å². The Labute approximate surface area is 207 Å². The monoisotopic (exact) mass is 543 g/mol. The molecule has 1 aliphatic carbocycles. The van der Waals surface area contributed by atoms with Crippen molar-refractivity contribution in [1.29, 1.82) is 0 Å². The van der Waals surface area contributed by atoms with E-state index < -0.39 is 29.9 Å². The number of carbonyl (C=O) groups excluding carboxylic acids is 4. The zero-order chi connectivity index (χ0) is 25.1. The number of para-hydroxylation sites is 1. The van der Waals surface area contributed by atoms with Crippen LogP contribution in [0.15, 0.2) is 47.1 Å². The molecule has 5 N–H and O–H groups in total. The van der Waals surface area contributed by atoms with E-state index in [0.717, 1.165) is 0 Å². The maximum Gasteiger partial charge on any atom is 0.404 e. The van der Waals surface area contributed by atoms with Crippen LogP contribution in [-0.2, 0) is 20.9 Å². The Bertz CT molecular complexity index is 1300. The number of benzene rings is 1. The number of halogens is 1. The van der Waals surface area contributed by atoms with Crippen LogP contribution in [0.25, 0.3) is 10.9 Å². The molecule has 0 unspecified atom stereocenters. The summed E-state index contributed by atoms with van der Waals surface area (Å²) < 4.78 is 6.91. The van der Waals surface area contributed by atoms with Crippen molar-refractivity contribution < 1.29 is 23.9 Å². The summed E-state index contributed by atoms with van der Waals surface area (Å²) >= 11 is 3.24. The second-order valence-corrected chi connectivity index (χ2v) is 8.80. The van der Waals surface area contributed by atoms with Gasteiger partial charge in [-0.15, -0.1) is 0 Å². The van der Waals surface area contributed by atoms with E-state index in [1.54, 1.807) is 42.5 Å². The van der Waals surface area contributed by atoms with Crippen LogP contribution < -0.4 is 16.8 Å². The topological polar surface area (TPSA) is 176 Å². The number of hydrogen-bond donors (Lipinski definition) is 3. The fraction of sp³-hybridized carbons (Fsp3) is 0.273. The molecule has 13 heteroatoms. The van der Waals surface area contributed by atoms with Crippen molar-refractivity contribution >= 4 is 56.5 Å². The number of anilines is 1. The Hall–Kier alpha value is -4.00. The first kappa shape index (κ1) is 24.1. The summed E-state index contributed by atoms with van der Waals surface area (Å²) in [6, 6.07) is 11.6. The number of nitrogens with one attached hydrogen (secondary N) is 1. The van der Waals surface area contributed by atoms with Gasteiger partial charge >= 0.3 is 6.09 Å². The molecule has 2 heterocycles. The highest BCUT2D eigenvalue weighted by Crippen LogP contribution is 2.29. The molecule has 2 aromatic heterocycles. The second kappa shape index (κ2) is 10.1. The van der Waals surface area contributed by atoms with E-state index in [9.17, 15) is 19.2 Å². The van der Waals surface area contributed by atoms with Gasteiger partial charge in [-0.25, -0.2) is 9.78 Å². The Balaban J connectivity index is 1.53. The highest BCUT2D eigenvalue weighted by molar-refractivity contribution is 9.10. The van der Waals surface area contributed by atoms with E-state index in [1.807, 2.05) is 0 Å². The first-order valence-electron chi connectivity index (χ1n) is 10.6. The summed E-state index contributed by atoms with van der Waals surface area (Å²) in [5, 5.41) is 7.41. The highest BCUT2D eigenvalue weighted by atomic mass is 79.9. The Kier molecular flexibility index (Phi) is 6.96. The minimum absolute atomic E-state index is 0.0528. The molecule has 12 nitrogen and oxygen atoms in total. The molecule has 0 radical (unpaired) electrons. The standard InChI is InChI=1S/C22H22BrN7O5/c23-16-6-3-7-17(26-16)27-18(31)10-29(12-8-13(9-12)35-22(25)34)19(32)11-30-15-5-2-1-4-14(15)20(28-30)21(24)33/h1-7,12-13H,8-11H2,(H2,24,33)(H2,25,34)(H,26,27,31)/t12-,13-. The van der Waals surface area contributed by atoms with Crippen molar-refractivity contribution in [3.63, 3.8) is 0 Å². The Morgan fingerprint density at radius 3 is 2.54 bits per heavy atom. The molecule has 0 atom stereocenters. The van der Waals surface area contributed by atoms with Crippen LogP contribution in [0.4, 0.5) is 10.6 Å². The maximum atomic E-state index is 13.4. The van der Waals surface area contributed by atoms with Gasteiger partial charge in [0.25, 0.3) is 5.91 Å². The van der Waals surface area contributed by atoms with Crippen molar-refractivity contribution in [2.24, 2.45) is 11.5 Å². The van der Waals surface area contributed by atoms with Crippen molar-refractivity contribution in [2.75, 3.05) is 11.9 Å². The molecule has 0 spiro atoms. The predicted octanol–water partition coefficient (Wildman–Crippen LogP) is 1.39. The predicted molar refractivity (Wildman–Crippen MR) is 128 cm³/mol. The van der Waals surface area contributed by atoms with Crippen LogP contribution in [0.2, 0.25) is 0 Å². The van der Waals surface area contributed by atoms with Gasteiger partial charge in [0, 0.05) is 24.3 Å². The summed E-state index contributed by atoms with van der Waals surface area (Å²) in [5.41, 5.74) is 11.1. The van der Waals surface area contributed by atoms with Crippen molar-refractivity contribution in [2.45, 2.75) is 31.5 Å². The lowest BCUT2D eigenvalue weighted by Crippen LogP contribution is -2.54. The molecular weight excluding hydrogens is 522 g/mol. The zero-order valence-corrected chi connectivity index (χ0v) is 20.0. The smallest absolute Gasteiger partial charge is 0.404 e. The molecular formula is C22H22BrN7O5. The normalized spacial score (nSPS) is 16.8. The van der Waals surface area contributed by atoms with Gasteiger partial charge in [-0.2, -0.15) is 5.10 Å². The summed E-state index contributed by atoms with van der Waals surface area (Å²) in [4.78, 5) is 54.5. The van der Waals surface area contributed by atoms with Crippen LogP contribution in [0.5, 0.6) is 0 Å². The maximum absolute atomic E-state index is 13.4. The number of fused-ring (bicyclic) bond motifs is 1. The number of nitrogens with zero attached hydrogens (tertiary/aromatic N) is 4. The minimum Gasteiger partial charge on any atom is -0.446 e. The minimum atomic E-state index is -0.896. The van der Waals surface area contributed by atoms with Gasteiger partial charge in [-0.05, 0) is 34.1 Å². The van der Waals surface area contributed by atoms with E-state index in [-0.39, 0.29) is 24.8 Å². The quantitative estimate of drug-likeness (QED) is 0.359. The summed E-state index contributed by atoms with van der Waals surface area (Å²) in [5.74, 6) is -1.25. The van der Waals surface area contributed by atoms with E-state index in [1.165, 1.54) is 9.58 Å². The molecule has 35 heavy (non-hydrogen) atoms. The molecule has 1 fully saturated rings. The average Bonchev–Trinajstić information content (AvgIpc) is 3.13. The number of rotatable bonds is 8. The van der Waals surface area contributed by atoms with Crippen molar-refractivity contribution in [1.82, 2.24) is 19.7 Å². The third-order valence-corrected chi connectivity index (χ3v) is 6.03. The Morgan fingerprint density at radius 2 is 1.86 bits per heavy atom. The molecule has 1 aliphatic rings. The largest absolute Gasteiger partial charge is 0.446 e. The lowest BCUT2D eigenvalue weighted by molar-refractivity contribution is -0.142. The first-order chi connectivity index (χ1) is 16.7. The van der Waals surface area contributed by atoms with Crippen molar-refractivity contribution in [3.8, 4) is 0 Å². The molecule has 4 rings (SSSR count). The molecule has 1 saturated carbocycles. The lowest BCUT2D eigenvalue weighted by atomic mass is 9.87. The zero-order valence-electron chi connectivity index (χ0n) is 18.4. The van der Waals surface area contributed by atoms with Gasteiger partial charge < -0.3 is 26.4 Å². The van der Waals surface area contributed by atoms with Crippen LogP contribution in [0.1, 0.15) is 23.3 Å². The molecule has 0 saturated heterocycles. The van der Waals surface area contributed by atoms with Crippen LogP contribution >= 0.6 is 15.9 Å². The first-order valence-corrected chi connectivity index (χ1v) is 11.4. The number of hydrogen-bond acceptors (Lipinski definition) is 7. The number of amides is 4. The summed E-state index contributed by atoms with van der Waals surface area (Å²) in [6.45, 7) is -0.489. The fourth-order valence-corrected chi connectivity index (χ4v) is 4.28.